The van der Waals surface area contributed by atoms with Gasteiger partial charge in [-0.2, -0.15) is 5.10 Å². The summed E-state index contributed by atoms with van der Waals surface area (Å²) in [5.41, 5.74) is 3.06. The van der Waals surface area contributed by atoms with Gasteiger partial charge in [0.1, 0.15) is 5.82 Å². The van der Waals surface area contributed by atoms with Gasteiger partial charge in [0.2, 0.25) is 0 Å². The van der Waals surface area contributed by atoms with E-state index < -0.39 is 0 Å². The summed E-state index contributed by atoms with van der Waals surface area (Å²) in [5, 5.41) is 9.99. The van der Waals surface area contributed by atoms with E-state index in [2.05, 4.69) is 20.7 Å². The molecule has 1 atom stereocenters. The SMILES string of the molecule is Cc1c([C@@H](C)NC(=O)NCc2ccnc(N(C)C)c2)cnn1C. The van der Waals surface area contributed by atoms with Crippen LogP contribution in [0.5, 0.6) is 0 Å². The summed E-state index contributed by atoms with van der Waals surface area (Å²) in [6, 6.07) is 3.54. The minimum atomic E-state index is -0.205. The second kappa shape index (κ2) is 7.13. The molecule has 0 unspecified atom stereocenters. The molecule has 0 fully saturated rings. The predicted octanol–water partition coefficient (Wildman–Crippen LogP) is 1.75. The van der Waals surface area contributed by atoms with Crippen LogP contribution < -0.4 is 15.5 Å². The summed E-state index contributed by atoms with van der Waals surface area (Å²) in [5.74, 6) is 0.865. The first-order chi connectivity index (χ1) is 10.9. The third-order valence-corrected chi connectivity index (χ3v) is 3.81. The van der Waals surface area contributed by atoms with Gasteiger partial charge in [0.15, 0.2) is 0 Å². The van der Waals surface area contributed by atoms with Gasteiger partial charge >= 0.3 is 6.03 Å². The highest BCUT2D eigenvalue weighted by molar-refractivity contribution is 5.74. The van der Waals surface area contributed by atoms with Gasteiger partial charge in [-0.3, -0.25) is 4.68 Å². The van der Waals surface area contributed by atoms with Crippen molar-refractivity contribution < 1.29 is 4.79 Å². The van der Waals surface area contributed by atoms with Crippen molar-refractivity contribution in [2.75, 3.05) is 19.0 Å². The molecule has 2 N–H and O–H groups in total. The fourth-order valence-electron chi connectivity index (χ4n) is 2.26. The molecule has 7 nitrogen and oxygen atoms in total. The number of hydrogen-bond acceptors (Lipinski definition) is 4. The number of carbonyl (C=O) groups excluding carboxylic acids is 1. The van der Waals surface area contributed by atoms with Gasteiger partial charge in [0, 0.05) is 45.1 Å². The summed E-state index contributed by atoms with van der Waals surface area (Å²) in [6.45, 7) is 4.38. The van der Waals surface area contributed by atoms with Crippen molar-refractivity contribution in [3.8, 4) is 0 Å². The first kappa shape index (κ1) is 16.8. The molecular weight excluding hydrogens is 292 g/mol. The van der Waals surface area contributed by atoms with E-state index in [0.29, 0.717) is 6.54 Å². The fourth-order valence-corrected chi connectivity index (χ4v) is 2.26. The average molecular weight is 316 g/mol. The number of aromatic nitrogens is 3. The minimum Gasteiger partial charge on any atom is -0.363 e. The monoisotopic (exact) mass is 316 g/mol. The van der Waals surface area contributed by atoms with Gasteiger partial charge in [0.05, 0.1) is 12.2 Å². The molecule has 0 bridgehead atoms. The maximum atomic E-state index is 12.1. The van der Waals surface area contributed by atoms with Crippen molar-refractivity contribution in [2.45, 2.75) is 26.4 Å². The minimum absolute atomic E-state index is 0.0986. The zero-order valence-corrected chi connectivity index (χ0v) is 14.3. The number of pyridine rings is 1. The van der Waals surface area contributed by atoms with Crippen LogP contribution in [-0.2, 0) is 13.6 Å². The van der Waals surface area contributed by atoms with E-state index in [9.17, 15) is 4.79 Å². The number of hydrogen-bond donors (Lipinski definition) is 2. The number of nitrogens with zero attached hydrogens (tertiary/aromatic N) is 4. The molecule has 0 spiro atoms. The smallest absolute Gasteiger partial charge is 0.315 e. The second-order valence-electron chi connectivity index (χ2n) is 5.77. The zero-order valence-electron chi connectivity index (χ0n) is 14.3. The molecule has 0 aliphatic heterocycles. The van der Waals surface area contributed by atoms with E-state index in [1.165, 1.54) is 0 Å². The quantitative estimate of drug-likeness (QED) is 0.881. The summed E-state index contributed by atoms with van der Waals surface area (Å²) >= 11 is 0. The van der Waals surface area contributed by atoms with Crippen molar-refractivity contribution >= 4 is 11.8 Å². The molecule has 7 heteroatoms. The molecule has 0 saturated carbocycles. The van der Waals surface area contributed by atoms with Crippen molar-refractivity contribution in [2.24, 2.45) is 7.05 Å². The van der Waals surface area contributed by atoms with E-state index in [4.69, 9.17) is 0 Å². The zero-order chi connectivity index (χ0) is 17.0. The van der Waals surface area contributed by atoms with Crippen molar-refractivity contribution in [1.29, 1.82) is 0 Å². The first-order valence-electron chi connectivity index (χ1n) is 7.53. The van der Waals surface area contributed by atoms with Crippen LogP contribution in [0.25, 0.3) is 0 Å². The van der Waals surface area contributed by atoms with Gasteiger partial charge in [-0.1, -0.05) is 0 Å². The molecule has 0 radical (unpaired) electrons. The van der Waals surface area contributed by atoms with E-state index in [1.54, 1.807) is 17.1 Å². The van der Waals surface area contributed by atoms with Crippen LogP contribution in [0, 0.1) is 6.92 Å². The Balaban J connectivity index is 1.90. The first-order valence-corrected chi connectivity index (χ1v) is 7.53. The standard InChI is InChI=1S/C16H24N6O/c1-11(14-10-19-22(5)12(14)2)20-16(23)18-9-13-6-7-17-15(8-13)21(3)4/h6-8,10-11H,9H2,1-5H3,(H2,18,20,23)/t11-/m1/s1. The number of rotatable bonds is 5. The molecule has 23 heavy (non-hydrogen) atoms. The average Bonchev–Trinajstić information content (AvgIpc) is 2.85. The number of nitrogens with one attached hydrogen (secondary N) is 2. The molecule has 0 aliphatic carbocycles. The Morgan fingerprint density at radius 2 is 2.17 bits per heavy atom. The van der Waals surface area contributed by atoms with Crippen LogP contribution >= 0.6 is 0 Å². The second-order valence-corrected chi connectivity index (χ2v) is 5.77. The fraction of sp³-hybridized carbons (Fsp3) is 0.438. The van der Waals surface area contributed by atoms with Gasteiger partial charge in [-0.05, 0) is 31.5 Å². The van der Waals surface area contributed by atoms with Crippen LogP contribution in [0.2, 0.25) is 0 Å². The molecule has 2 heterocycles. The topological polar surface area (TPSA) is 75.1 Å². The summed E-state index contributed by atoms with van der Waals surface area (Å²) in [7, 11) is 5.76. The maximum Gasteiger partial charge on any atom is 0.315 e. The molecule has 0 aromatic carbocycles. The summed E-state index contributed by atoms with van der Waals surface area (Å²) in [6.07, 6.45) is 3.53. The van der Waals surface area contributed by atoms with E-state index in [0.717, 1.165) is 22.6 Å². The summed E-state index contributed by atoms with van der Waals surface area (Å²) < 4.78 is 1.80. The van der Waals surface area contributed by atoms with Crippen molar-refractivity contribution in [3.05, 3.63) is 41.3 Å². The molecule has 2 aromatic heterocycles. The molecule has 2 rings (SSSR count). The van der Waals surface area contributed by atoms with Crippen LogP contribution in [0.3, 0.4) is 0 Å². The lowest BCUT2D eigenvalue weighted by atomic mass is 10.1. The van der Waals surface area contributed by atoms with Crippen molar-refractivity contribution in [3.63, 3.8) is 0 Å². The molecule has 2 aromatic rings. The highest BCUT2D eigenvalue weighted by Crippen LogP contribution is 2.15. The Kier molecular flexibility index (Phi) is 5.20. The maximum absolute atomic E-state index is 12.1. The molecule has 0 aliphatic rings. The Morgan fingerprint density at radius 1 is 1.43 bits per heavy atom. The Labute approximate surface area is 136 Å². The van der Waals surface area contributed by atoms with E-state index >= 15 is 0 Å². The lowest BCUT2D eigenvalue weighted by Gasteiger charge is -2.15. The Hall–Kier alpha value is -2.57. The third-order valence-electron chi connectivity index (χ3n) is 3.81. The molecule has 0 saturated heterocycles. The highest BCUT2D eigenvalue weighted by Gasteiger charge is 2.14. The highest BCUT2D eigenvalue weighted by atomic mass is 16.2. The van der Waals surface area contributed by atoms with E-state index in [1.807, 2.05) is 52.0 Å². The molecule has 124 valence electrons. The van der Waals surface area contributed by atoms with Crippen molar-refractivity contribution in [1.82, 2.24) is 25.4 Å². The lowest BCUT2D eigenvalue weighted by Crippen LogP contribution is -2.36. The van der Waals surface area contributed by atoms with Gasteiger partial charge in [0.25, 0.3) is 0 Å². The largest absolute Gasteiger partial charge is 0.363 e. The van der Waals surface area contributed by atoms with Crippen LogP contribution in [-0.4, -0.2) is 34.9 Å². The van der Waals surface area contributed by atoms with E-state index in [-0.39, 0.29) is 12.1 Å². The van der Waals surface area contributed by atoms with Gasteiger partial charge in [-0.25, -0.2) is 9.78 Å². The van der Waals surface area contributed by atoms with Gasteiger partial charge < -0.3 is 15.5 Å². The molecular formula is C16H24N6O. The van der Waals surface area contributed by atoms with Crippen LogP contribution in [0.4, 0.5) is 10.6 Å². The summed E-state index contributed by atoms with van der Waals surface area (Å²) in [4.78, 5) is 18.2. The normalized spacial score (nSPS) is 11.9. The van der Waals surface area contributed by atoms with Gasteiger partial charge in [-0.15, -0.1) is 0 Å². The predicted molar refractivity (Wildman–Crippen MR) is 90.3 cm³/mol. The third kappa shape index (κ3) is 4.21. The Bertz CT molecular complexity index is 679. The number of aryl methyl sites for hydroxylation is 1. The molecule has 2 amide bonds. The van der Waals surface area contributed by atoms with Crippen LogP contribution in [0.1, 0.15) is 29.8 Å². The Morgan fingerprint density at radius 3 is 2.78 bits per heavy atom. The lowest BCUT2D eigenvalue weighted by molar-refractivity contribution is 0.237. The number of carbonyl (C=O) groups is 1. The van der Waals surface area contributed by atoms with Crippen LogP contribution in [0.15, 0.2) is 24.5 Å². The number of anilines is 1. The number of urea groups is 1. The number of amides is 2.